The zero-order chi connectivity index (χ0) is 26.6. The number of hydrogen-bond acceptors (Lipinski definition) is 6. The third-order valence-corrected chi connectivity index (χ3v) is 7.98. The molecular formula is C26H27FIN5O3S. The maximum atomic E-state index is 13.4. The molecule has 194 valence electrons. The Hall–Kier alpha value is -2.82. The van der Waals surface area contributed by atoms with Gasteiger partial charge in [0.05, 0.1) is 36.0 Å². The van der Waals surface area contributed by atoms with Gasteiger partial charge in [-0.15, -0.1) is 0 Å². The zero-order valence-corrected chi connectivity index (χ0v) is 23.3. The van der Waals surface area contributed by atoms with Gasteiger partial charge in [-0.1, -0.05) is 12.1 Å². The summed E-state index contributed by atoms with van der Waals surface area (Å²) in [5, 5.41) is 9.03. The average Bonchev–Trinajstić information content (AvgIpc) is 3.29. The van der Waals surface area contributed by atoms with Crippen LogP contribution in [0.5, 0.6) is 0 Å². The van der Waals surface area contributed by atoms with Gasteiger partial charge in [-0.25, -0.2) is 17.8 Å². The van der Waals surface area contributed by atoms with Gasteiger partial charge in [0.1, 0.15) is 16.5 Å². The van der Waals surface area contributed by atoms with Gasteiger partial charge in [0.25, 0.3) is 0 Å². The molecule has 0 radical (unpaired) electrons. The van der Waals surface area contributed by atoms with E-state index in [1.54, 1.807) is 41.7 Å². The molecule has 1 fully saturated rings. The summed E-state index contributed by atoms with van der Waals surface area (Å²) in [5.41, 5.74) is 3.61. The molecule has 1 aromatic heterocycles. The van der Waals surface area contributed by atoms with Gasteiger partial charge < -0.3 is 9.47 Å². The monoisotopic (exact) mass is 634 g/mol. The van der Waals surface area contributed by atoms with E-state index in [1.807, 2.05) is 27.7 Å². The van der Waals surface area contributed by atoms with Gasteiger partial charge in [0.15, 0.2) is 0 Å². The number of hydrogen-bond donors (Lipinski definition) is 0. The van der Waals surface area contributed by atoms with Crippen LogP contribution in [0.25, 0.3) is 0 Å². The van der Waals surface area contributed by atoms with Gasteiger partial charge in [-0.2, -0.15) is 5.26 Å². The van der Waals surface area contributed by atoms with Crippen molar-refractivity contribution >= 4 is 44.0 Å². The van der Waals surface area contributed by atoms with Crippen LogP contribution in [0.1, 0.15) is 28.8 Å². The highest BCUT2D eigenvalue weighted by molar-refractivity contribution is 14.1. The Morgan fingerprint density at radius 3 is 2.59 bits per heavy atom. The number of benzene rings is 2. The van der Waals surface area contributed by atoms with Crippen LogP contribution in [0.15, 0.2) is 55.0 Å². The van der Waals surface area contributed by atoms with Crippen LogP contribution in [0.4, 0.5) is 10.1 Å². The number of nitrogens with zero attached hydrogens (tertiary/aromatic N) is 5. The van der Waals surface area contributed by atoms with Gasteiger partial charge >= 0.3 is 0 Å². The highest BCUT2D eigenvalue weighted by atomic mass is 127. The Morgan fingerprint density at radius 2 is 1.92 bits per heavy atom. The van der Waals surface area contributed by atoms with Gasteiger partial charge in [-0.05, 0) is 70.5 Å². The maximum Gasteiger partial charge on any atom is 0.241 e. The molecule has 0 saturated carbocycles. The van der Waals surface area contributed by atoms with E-state index in [-0.39, 0.29) is 24.2 Å². The predicted molar refractivity (Wildman–Crippen MR) is 147 cm³/mol. The number of aromatic nitrogens is 2. The van der Waals surface area contributed by atoms with E-state index in [4.69, 9.17) is 5.26 Å². The maximum absolute atomic E-state index is 13.4. The smallest absolute Gasteiger partial charge is 0.241 e. The number of sulfone groups is 1. The molecule has 37 heavy (non-hydrogen) atoms. The first kappa shape index (κ1) is 27.2. The molecule has 2 aromatic carbocycles. The number of halogens is 2. The highest BCUT2D eigenvalue weighted by Crippen LogP contribution is 2.27. The van der Waals surface area contributed by atoms with Gasteiger partial charge in [0.2, 0.25) is 5.91 Å². The number of nitriles is 1. The van der Waals surface area contributed by atoms with Crippen LogP contribution in [0.3, 0.4) is 0 Å². The Bertz CT molecular complexity index is 1420. The average molecular weight is 635 g/mol. The lowest BCUT2D eigenvalue weighted by Crippen LogP contribution is -2.56. The van der Waals surface area contributed by atoms with E-state index in [0.717, 1.165) is 14.8 Å². The van der Waals surface area contributed by atoms with Crippen LogP contribution in [0.2, 0.25) is 0 Å². The molecule has 0 N–H and O–H groups in total. The summed E-state index contributed by atoms with van der Waals surface area (Å²) in [5.74, 6) is -0.122. The first-order chi connectivity index (χ1) is 17.6. The van der Waals surface area contributed by atoms with Crippen LogP contribution in [-0.2, 0) is 34.4 Å². The summed E-state index contributed by atoms with van der Waals surface area (Å²) in [7, 11) is -3.20. The lowest BCUT2D eigenvalue weighted by molar-refractivity contribution is -0.122. The summed E-state index contributed by atoms with van der Waals surface area (Å²) in [6.45, 7) is 0.763. The fourth-order valence-corrected chi connectivity index (χ4v) is 5.87. The summed E-state index contributed by atoms with van der Waals surface area (Å²) in [4.78, 5) is 21.2. The fourth-order valence-electron chi connectivity index (χ4n) is 4.45. The number of carbonyl (C=O) groups is 1. The molecule has 0 unspecified atom stereocenters. The molecule has 11 heteroatoms. The number of rotatable bonds is 9. The molecular weight excluding hydrogens is 607 g/mol. The molecule has 1 aliphatic rings. The summed E-state index contributed by atoms with van der Waals surface area (Å²) < 4.78 is 40.1. The number of anilines is 1. The lowest BCUT2D eigenvalue weighted by Gasteiger charge is -2.41. The van der Waals surface area contributed by atoms with E-state index >= 15 is 0 Å². The van der Waals surface area contributed by atoms with Crippen molar-refractivity contribution in [1.29, 1.82) is 5.26 Å². The second kappa shape index (κ2) is 11.7. The largest absolute Gasteiger partial charge is 0.329 e. The third-order valence-electron chi connectivity index (χ3n) is 6.38. The first-order valence-corrected chi connectivity index (χ1v) is 14.8. The molecule has 0 spiro atoms. The van der Waals surface area contributed by atoms with E-state index in [2.05, 4.69) is 33.6 Å². The van der Waals surface area contributed by atoms with Crippen molar-refractivity contribution in [2.24, 2.45) is 0 Å². The zero-order valence-electron chi connectivity index (χ0n) is 20.3. The Morgan fingerprint density at radius 1 is 1.16 bits per heavy atom. The van der Waals surface area contributed by atoms with E-state index in [1.165, 1.54) is 6.26 Å². The van der Waals surface area contributed by atoms with Crippen molar-refractivity contribution in [2.45, 2.75) is 32.2 Å². The van der Waals surface area contributed by atoms with E-state index < -0.39 is 16.5 Å². The number of alkyl halides is 1. The number of imidazole rings is 1. The van der Waals surface area contributed by atoms with Crippen molar-refractivity contribution in [3.8, 4) is 6.07 Å². The second-order valence-electron chi connectivity index (χ2n) is 9.25. The summed E-state index contributed by atoms with van der Waals surface area (Å²) in [6, 6.07) is 14.5. The van der Waals surface area contributed by atoms with Gasteiger partial charge in [0, 0.05) is 47.4 Å². The molecule has 1 aliphatic heterocycles. The normalized spacial score (nSPS) is 16.6. The fraction of sp³-hybridized carbons (Fsp3) is 0.346. The van der Waals surface area contributed by atoms with Crippen LogP contribution in [-0.4, -0.2) is 59.9 Å². The minimum absolute atomic E-state index is 0.00273. The predicted octanol–water partition coefficient (Wildman–Crippen LogP) is 3.53. The van der Waals surface area contributed by atoms with Crippen LogP contribution >= 0.6 is 22.6 Å². The van der Waals surface area contributed by atoms with Gasteiger partial charge in [-0.3, -0.25) is 9.69 Å². The molecule has 0 bridgehead atoms. The lowest BCUT2D eigenvalue weighted by atomic mass is 10.1. The van der Waals surface area contributed by atoms with Crippen molar-refractivity contribution in [3.63, 3.8) is 0 Å². The molecule has 1 amide bonds. The molecule has 3 aromatic rings. The Balaban J connectivity index is 1.56. The third kappa shape index (κ3) is 7.15. The van der Waals surface area contributed by atoms with Crippen molar-refractivity contribution < 1.29 is 17.6 Å². The molecule has 1 atom stereocenters. The molecule has 4 rings (SSSR count). The SMILES string of the molecule is [11CH3]S(=O)(=O)CC[C@H]1CN(c2cc(I)cc(CF)c2)C(=O)CN1Cc1cncn1Cc1ccc(C#N)cc1. The Labute approximate surface area is 229 Å². The standard InChI is InChI=1S/C26H27FIN5O3S/c1-37(35,36)7-6-23-16-33(24-9-21(11-27)8-22(28)10-24)26(34)17-31(23)15-25-13-30-18-32(25)14-20-4-2-19(12-29)3-5-20/h2-5,8-10,13,18,23H,6-7,11,14-17H2,1H3/t23-/m0/s1/i1-1. The quantitative estimate of drug-likeness (QED) is 0.334. The molecule has 2 heterocycles. The minimum Gasteiger partial charge on any atom is -0.329 e. The minimum atomic E-state index is -3.20. The molecule has 8 nitrogen and oxygen atoms in total. The van der Waals surface area contributed by atoms with Crippen LogP contribution < -0.4 is 4.90 Å². The first-order valence-electron chi connectivity index (χ1n) is 11.7. The number of amides is 1. The summed E-state index contributed by atoms with van der Waals surface area (Å²) in [6.07, 6.45) is 5.05. The van der Waals surface area contributed by atoms with Crippen molar-refractivity contribution in [2.75, 3.05) is 30.0 Å². The van der Waals surface area contributed by atoms with Crippen molar-refractivity contribution in [3.05, 3.63) is 80.9 Å². The number of piperazine rings is 1. The second-order valence-corrected chi connectivity index (χ2v) is 12.8. The highest BCUT2D eigenvalue weighted by Gasteiger charge is 2.34. The number of carbonyl (C=O) groups excluding carboxylic acids is 1. The molecule has 0 aliphatic carbocycles. The van der Waals surface area contributed by atoms with Crippen molar-refractivity contribution in [1.82, 2.24) is 14.5 Å². The Kier molecular flexibility index (Phi) is 8.61. The van der Waals surface area contributed by atoms with Crippen LogP contribution in [0, 0.1) is 14.9 Å². The van der Waals surface area contributed by atoms with E-state index in [9.17, 15) is 17.6 Å². The topological polar surface area (TPSA) is 99.3 Å². The summed E-state index contributed by atoms with van der Waals surface area (Å²) >= 11 is 2.10. The molecule has 1 saturated heterocycles. The van der Waals surface area contributed by atoms with E-state index in [0.29, 0.717) is 42.9 Å².